The fourth-order valence-corrected chi connectivity index (χ4v) is 8.24. The first-order valence-electron chi connectivity index (χ1n) is 27.8. The molecule has 0 fully saturated rings. The van der Waals surface area contributed by atoms with Crippen molar-refractivity contribution < 1.29 is 28.6 Å². The second-order valence-electron chi connectivity index (χ2n) is 18.9. The highest BCUT2D eigenvalue weighted by atomic mass is 16.6. The lowest BCUT2D eigenvalue weighted by atomic mass is 10.0. The zero-order valence-electron chi connectivity index (χ0n) is 42.4. The monoisotopic (exact) mass is 887 g/mol. The van der Waals surface area contributed by atoms with Crippen molar-refractivity contribution in [3.8, 4) is 0 Å². The number of allylic oxidation sites excluding steroid dienone is 4. The molecule has 0 rings (SSSR count). The topological polar surface area (TPSA) is 78.9 Å². The molecule has 370 valence electrons. The SMILES string of the molecule is CCCCC/C=C\C/C=C\CCCCCCCCCC(=O)OC(COC(=O)CCCCCCCCCCCC)COC(=O)CCCCCCCCCCCCCCCCCCCC. The van der Waals surface area contributed by atoms with Gasteiger partial charge in [-0.3, -0.25) is 14.4 Å². The summed E-state index contributed by atoms with van der Waals surface area (Å²) < 4.78 is 16.8. The van der Waals surface area contributed by atoms with Crippen molar-refractivity contribution in [3.63, 3.8) is 0 Å². The quantitative estimate of drug-likeness (QED) is 0.0262. The van der Waals surface area contributed by atoms with Gasteiger partial charge in [0.25, 0.3) is 0 Å². The maximum atomic E-state index is 12.8. The molecular weight excluding hydrogens is 781 g/mol. The largest absolute Gasteiger partial charge is 0.462 e. The summed E-state index contributed by atoms with van der Waals surface area (Å²) in [6, 6.07) is 0. The fraction of sp³-hybridized carbons (Fsp3) is 0.877. The van der Waals surface area contributed by atoms with Gasteiger partial charge in [-0.2, -0.15) is 0 Å². The molecule has 0 radical (unpaired) electrons. The van der Waals surface area contributed by atoms with E-state index in [0.717, 1.165) is 70.6 Å². The third-order valence-corrected chi connectivity index (χ3v) is 12.5. The average molecular weight is 887 g/mol. The van der Waals surface area contributed by atoms with E-state index in [1.807, 2.05) is 0 Å². The van der Waals surface area contributed by atoms with Gasteiger partial charge in [0.1, 0.15) is 13.2 Å². The molecule has 1 atom stereocenters. The van der Waals surface area contributed by atoms with Gasteiger partial charge in [0.15, 0.2) is 6.10 Å². The van der Waals surface area contributed by atoms with Gasteiger partial charge < -0.3 is 14.2 Å². The van der Waals surface area contributed by atoms with Crippen molar-refractivity contribution in [2.45, 2.75) is 309 Å². The molecule has 0 heterocycles. The number of hydrogen-bond donors (Lipinski definition) is 0. The van der Waals surface area contributed by atoms with Gasteiger partial charge in [-0.15, -0.1) is 0 Å². The Labute approximate surface area is 392 Å². The van der Waals surface area contributed by atoms with Gasteiger partial charge in [-0.05, 0) is 51.4 Å². The normalized spacial score (nSPS) is 12.1. The van der Waals surface area contributed by atoms with Gasteiger partial charge in [0.05, 0.1) is 0 Å². The van der Waals surface area contributed by atoms with Crippen LogP contribution in [-0.2, 0) is 28.6 Å². The highest BCUT2D eigenvalue weighted by Gasteiger charge is 2.19. The first kappa shape index (κ1) is 60.9. The van der Waals surface area contributed by atoms with Gasteiger partial charge >= 0.3 is 17.9 Å². The molecule has 0 aliphatic carbocycles. The van der Waals surface area contributed by atoms with E-state index in [2.05, 4.69) is 45.1 Å². The lowest BCUT2D eigenvalue weighted by Gasteiger charge is -2.18. The summed E-state index contributed by atoms with van der Waals surface area (Å²) in [6.07, 6.45) is 60.2. The number of esters is 3. The smallest absolute Gasteiger partial charge is 0.306 e. The van der Waals surface area contributed by atoms with Gasteiger partial charge in [-0.25, -0.2) is 0 Å². The lowest BCUT2D eigenvalue weighted by Crippen LogP contribution is -2.30. The molecule has 0 aliphatic heterocycles. The van der Waals surface area contributed by atoms with E-state index in [-0.39, 0.29) is 31.1 Å². The number of carbonyl (C=O) groups is 3. The molecule has 0 aromatic heterocycles. The van der Waals surface area contributed by atoms with Crippen molar-refractivity contribution >= 4 is 17.9 Å². The van der Waals surface area contributed by atoms with E-state index in [1.54, 1.807) is 0 Å². The van der Waals surface area contributed by atoms with Gasteiger partial charge in [0, 0.05) is 19.3 Å². The van der Waals surface area contributed by atoms with E-state index in [4.69, 9.17) is 14.2 Å². The molecule has 0 saturated carbocycles. The van der Waals surface area contributed by atoms with E-state index >= 15 is 0 Å². The van der Waals surface area contributed by atoms with Crippen molar-refractivity contribution in [1.29, 1.82) is 0 Å². The molecule has 63 heavy (non-hydrogen) atoms. The first-order chi connectivity index (χ1) is 31.0. The van der Waals surface area contributed by atoms with Crippen LogP contribution in [0.25, 0.3) is 0 Å². The standard InChI is InChI=1S/C57H106O6/c1-4-7-10-13-16-19-22-24-26-28-30-31-33-35-38-41-44-47-50-56(59)62-53-54(52-61-55(58)49-46-43-40-37-21-18-15-12-9-6-3)63-57(60)51-48-45-42-39-36-34-32-29-27-25-23-20-17-14-11-8-5-2/h17,20,25,27,54H,4-16,18-19,21-24,26,28-53H2,1-3H3/b20-17-,27-25-. The van der Waals surface area contributed by atoms with Crippen LogP contribution in [0.15, 0.2) is 24.3 Å². The van der Waals surface area contributed by atoms with Crippen LogP contribution in [0, 0.1) is 0 Å². The Morgan fingerprint density at radius 2 is 0.571 bits per heavy atom. The lowest BCUT2D eigenvalue weighted by molar-refractivity contribution is -0.167. The van der Waals surface area contributed by atoms with Crippen molar-refractivity contribution in [2.24, 2.45) is 0 Å². The van der Waals surface area contributed by atoms with Gasteiger partial charge in [0.2, 0.25) is 0 Å². The van der Waals surface area contributed by atoms with Crippen molar-refractivity contribution in [1.82, 2.24) is 0 Å². The number of ether oxygens (including phenoxy) is 3. The number of carbonyl (C=O) groups excluding carboxylic acids is 3. The predicted octanol–water partition coefficient (Wildman–Crippen LogP) is 18.3. The average Bonchev–Trinajstić information content (AvgIpc) is 3.28. The van der Waals surface area contributed by atoms with Gasteiger partial charge in [-0.1, -0.05) is 257 Å². The van der Waals surface area contributed by atoms with Crippen LogP contribution in [-0.4, -0.2) is 37.2 Å². The molecule has 0 aliphatic rings. The van der Waals surface area contributed by atoms with E-state index in [0.29, 0.717) is 19.3 Å². The molecule has 0 aromatic carbocycles. The minimum absolute atomic E-state index is 0.0694. The number of unbranched alkanes of at least 4 members (excludes halogenated alkanes) is 36. The minimum atomic E-state index is -0.769. The van der Waals surface area contributed by atoms with Crippen LogP contribution < -0.4 is 0 Å². The summed E-state index contributed by atoms with van der Waals surface area (Å²) in [5, 5.41) is 0. The highest BCUT2D eigenvalue weighted by Crippen LogP contribution is 2.17. The van der Waals surface area contributed by atoms with E-state index in [9.17, 15) is 14.4 Å². The Bertz CT molecular complexity index is 1020. The van der Waals surface area contributed by atoms with Crippen LogP contribution in [0.3, 0.4) is 0 Å². The van der Waals surface area contributed by atoms with Crippen molar-refractivity contribution in [2.75, 3.05) is 13.2 Å². The third kappa shape index (κ3) is 50.7. The molecular formula is C57H106O6. The van der Waals surface area contributed by atoms with Crippen LogP contribution in [0.2, 0.25) is 0 Å². The molecule has 6 nitrogen and oxygen atoms in total. The van der Waals surface area contributed by atoms with Crippen LogP contribution in [0.4, 0.5) is 0 Å². The zero-order valence-corrected chi connectivity index (χ0v) is 42.4. The Kier molecular flexibility index (Phi) is 50.8. The molecule has 0 aromatic rings. The Hall–Kier alpha value is -2.11. The van der Waals surface area contributed by atoms with Crippen molar-refractivity contribution in [3.05, 3.63) is 24.3 Å². The molecule has 0 saturated heterocycles. The Morgan fingerprint density at radius 1 is 0.317 bits per heavy atom. The first-order valence-corrected chi connectivity index (χ1v) is 27.8. The molecule has 1 unspecified atom stereocenters. The summed E-state index contributed by atoms with van der Waals surface area (Å²) in [5.74, 6) is -0.861. The van der Waals surface area contributed by atoms with Crippen LogP contribution in [0.5, 0.6) is 0 Å². The second-order valence-corrected chi connectivity index (χ2v) is 18.9. The van der Waals surface area contributed by atoms with Crippen LogP contribution >= 0.6 is 0 Å². The highest BCUT2D eigenvalue weighted by molar-refractivity contribution is 5.71. The van der Waals surface area contributed by atoms with E-state index < -0.39 is 6.10 Å². The Balaban J connectivity index is 4.28. The second kappa shape index (κ2) is 52.5. The predicted molar refractivity (Wildman–Crippen MR) is 270 cm³/mol. The molecule has 0 bridgehead atoms. The fourth-order valence-electron chi connectivity index (χ4n) is 8.24. The third-order valence-electron chi connectivity index (χ3n) is 12.5. The zero-order chi connectivity index (χ0) is 45.8. The molecule has 6 heteroatoms. The summed E-state index contributed by atoms with van der Waals surface area (Å²) in [5.41, 5.74) is 0. The Morgan fingerprint density at radius 3 is 0.905 bits per heavy atom. The van der Waals surface area contributed by atoms with Crippen LogP contribution in [0.1, 0.15) is 303 Å². The summed E-state index contributed by atoms with van der Waals surface area (Å²) >= 11 is 0. The maximum Gasteiger partial charge on any atom is 0.306 e. The number of hydrogen-bond acceptors (Lipinski definition) is 6. The molecule has 0 spiro atoms. The molecule has 0 N–H and O–H groups in total. The maximum absolute atomic E-state index is 12.8. The summed E-state index contributed by atoms with van der Waals surface area (Å²) in [6.45, 7) is 6.64. The minimum Gasteiger partial charge on any atom is -0.462 e. The summed E-state index contributed by atoms with van der Waals surface area (Å²) in [4.78, 5) is 38.0. The number of rotatable bonds is 51. The molecule has 0 amide bonds. The summed E-state index contributed by atoms with van der Waals surface area (Å²) in [7, 11) is 0. The van der Waals surface area contributed by atoms with E-state index in [1.165, 1.54) is 193 Å².